The second-order valence-electron chi connectivity index (χ2n) is 6.73. The molecule has 0 aliphatic rings. The van der Waals surface area contributed by atoms with Gasteiger partial charge >= 0.3 is 6.18 Å². The minimum absolute atomic E-state index is 0.141. The zero-order chi connectivity index (χ0) is 21.6. The Morgan fingerprint density at radius 2 is 1.80 bits per heavy atom. The fourth-order valence-electron chi connectivity index (χ4n) is 3.44. The van der Waals surface area contributed by atoms with Crippen molar-refractivity contribution in [2.24, 2.45) is 14.1 Å². The minimum atomic E-state index is -4.73. The normalized spacial score (nSPS) is 12.1. The van der Waals surface area contributed by atoms with Crippen LogP contribution < -0.4 is 5.56 Å². The standard InChI is InChI=1S/C21H18F3N3OS2/c1-4-29-20-13(10-16(30-20)12-8-6-5-7-9-12)17-25-15-11-14(21(22,23)24)19(28)27(3)18(15)26(17)2/h5-11H,4H2,1-3H3. The summed E-state index contributed by atoms with van der Waals surface area (Å²) >= 11 is 3.29. The topological polar surface area (TPSA) is 39.8 Å². The van der Waals surface area contributed by atoms with Crippen molar-refractivity contribution in [2.75, 3.05) is 5.75 Å². The zero-order valence-electron chi connectivity index (χ0n) is 16.4. The summed E-state index contributed by atoms with van der Waals surface area (Å²) in [4.78, 5) is 17.8. The Kier molecular flexibility index (Phi) is 5.27. The van der Waals surface area contributed by atoms with Crippen LogP contribution in [0.4, 0.5) is 13.2 Å². The van der Waals surface area contributed by atoms with E-state index < -0.39 is 17.3 Å². The molecule has 0 fully saturated rings. The van der Waals surface area contributed by atoms with E-state index in [0.29, 0.717) is 11.5 Å². The first-order valence-electron chi connectivity index (χ1n) is 9.18. The average Bonchev–Trinajstić information content (AvgIpc) is 3.26. The predicted octanol–water partition coefficient (Wildman–Crippen LogP) is 5.80. The molecular formula is C21H18F3N3OS2. The molecule has 0 atom stereocenters. The molecule has 0 aliphatic carbocycles. The second-order valence-corrected chi connectivity index (χ2v) is 9.32. The highest BCUT2D eigenvalue weighted by atomic mass is 32.2. The van der Waals surface area contributed by atoms with E-state index in [1.54, 1.807) is 34.7 Å². The van der Waals surface area contributed by atoms with Crippen LogP contribution in [-0.4, -0.2) is 19.9 Å². The van der Waals surface area contributed by atoms with Gasteiger partial charge in [0, 0.05) is 24.5 Å². The van der Waals surface area contributed by atoms with Crippen LogP contribution >= 0.6 is 23.1 Å². The maximum absolute atomic E-state index is 13.3. The van der Waals surface area contributed by atoms with Gasteiger partial charge in [-0.2, -0.15) is 13.2 Å². The van der Waals surface area contributed by atoms with Crippen LogP contribution in [0.25, 0.3) is 33.0 Å². The van der Waals surface area contributed by atoms with E-state index in [9.17, 15) is 18.0 Å². The van der Waals surface area contributed by atoms with Crippen molar-refractivity contribution in [3.8, 4) is 21.8 Å². The molecule has 0 saturated carbocycles. The van der Waals surface area contributed by atoms with Crippen molar-refractivity contribution >= 4 is 34.3 Å². The maximum atomic E-state index is 13.3. The number of hydrogen-bond acceptors (Lipinski definition) is 4. The molecule has 3 heterocycles. The summed E-state index contributed by atoms with van der Waals surface area (Å²) in [5, 5.41) is 0. The molecule has 4 rings (SSSR count). The van der Waals surface area contributed by atoms with Crippen molar-refractivity contribution in [3.63, 3.8) is 0 Å². The lowest BCUT2D eigenvalue weighted by Crippen LogP contribution is -2.27. The number of hydrogen-bond donors (Lipinski definition) is 0. The molecule has 0 radical (unpaired) electrons. The maximum Gasteiger partial charge on any atom is 0.421 e. The van der Waals surface area contributed by atoms with Crippen LogP contribution in [0.5, 0.6) is 0 Å². The molecule has 30 heavy (non-hydrogen) atoms. The molecular weight excluding hydrogens is 431 g/mol. The second kappa shape index (κ2) is 7.63. The van der Waals surface area contributed by atoms with E-state index in [2.05, 4.69) is 4.98 Å². The van der Waals surface area contributed by atoms with Gasteiger partial charge in [0.15, 0.2) is 0 Å². The lowest BCUT2D eigenvalue weighted by molar-refractivity contribution is -0.138. The first-order valence-corrected chi connectivity index (χ1v) is 11.0. The summed E-state index contributed by atoms with van der Waals surface area (Å²) in [6, 6.07) is 12.8. The molecule has 0 spiro atoms. The summed E-state index contributed by atoms with van der Waals surface area (Å²) in [7, 11) is 3.06. The number of thiophene rings is 1. The van der Waals surface area contributed by atoms with E-state index in [0.717, 1.165) is 36.6 Å². The summed E-state index contributed by atoms with van der Waals surface area (Å²) in [6.07, 6.45) is -4.73. The number of thioether (sulfide) groups is 1. The van der Waals surface area contributed by atoms with E-state index in [4.69, 9.17) is 0 Å². The monoisotopic (exact) mass is 449 g/mol. The highest BCUT2D eigenvalue weighted by Gasteiger charge is 2.35. The Morgan fingerprint density at radius 3 is 2.43 bits per heavy atom. The van der Waals surface area contributed by atoms with Gasteiger partial charge in [-0.1, -0.05) is 37.3 Å². The zero-order valence-corrected chi connectivity index (χ0v) is 18.1. The van der Waals surface area contributed by atoms with E-state index in [1.165, 1.54) is 7.05 Å². The Labute approximate surface area is 179 Å². The minimum Gasteiger partial charge on any atom is -0.313 e. The first kappa shape index (κ1) is 20.7. The molecule has 1 aromatic carbocycles. The number of imidazole rings is 1. The van der Waals surface area contributed by atoms with Crippen LogP contribution in [0, 0.1) is 0 Å². The number of rotatable bonds is 4. The Morgan fingerprint density at radius 1 is 1.10 bits per heavy atom. The highest BCUT2D eigenvalue weighted by molar-refractivity contribution is 8.01. The Hall–Kier alpha value is -2.52. The number of aromatic nitrogens is 3. The van der Waals surface area contributed by atoms with Crippen LogP contribution in [0.15, 0.2) is 51.5 Å². The first-order chi connectivity index (χ1) is 14.2. The summed E-state index contributed by atoms with van der Waals surface area (Å²) in [6.45, 7) is 2.05. The SMILES string of the molecule is CCSc1sc(-c2ccccc2)cc1-c1nc2cc(C(F)(F)F)c(=O)n(C)c2n1C. The molecule has 0 unspecified atom stereocenters. The highest BCUT2D eigenvalue weighted by Crippen LogP contribution is 2.43. The van der Waals surface area contributed by atoms with Crippen LogP contribution in [-0.2, 0) is 20.3 Å². The van der Waals surface area contributed by atoms with Gasteiger partial charge in [0.25, 0.3) is 5.56 Å². The molecule has 3 aromatic heterocycles. The van der Waals surface area contributed by atoms with Gasteiger partial charge in [-0.05, 0) is 23.4 Å². The third-order valence-electron chi connectivity index (χ3n) is 4.80. The largest absolute Gasteiger partial charge is 0.421 e. The smallest absolute Gasteiger partial charge is 0.313 e. The number of pyridine rings is 1. The molecule has 4 aromatic rings. The summed E-state index contributed by atoms with van der Waals surface area (Å²) < 4.78 is 43.6. The molecule has 9 heteroatoms. The van der Waals surface area contributed by atoms with Crippen molar-refractivity contribution in [2.45, 2.75) is 17.3 Å². The Balaban J connectivity index is 1.96. The van der Waals surface area contributed by atoms with Gasteiger partial charge < -0.3 is 4.57 Å². The van der Waals surface area contributed by atoms with Crippen molar-refractivity contribution in [3.05, 3.63) is 58.4 Å². The van der Waals surface area contributed by atoms with Crippen molar-refractivity contribution < 1.29 is 13.2 Å². The van der Waals surface area contributed by atoms with E-state index in [-0.39, 0.29) is 5.52 Å². The number of nitrogens with zero attached hydrogens (tertiary/aromatic N) is 3. The van der Waals surface area contributed by atoms with Gasteiger partial charge in [-0.25, -0.2) is 4.98 Å². The molecule has 4 nitrogen and oxygen atoms in total. The molecule has 0 N–H and O–H groups in total. The van der Waals surface area contributed by atoms with Gasteiger partial charge in [0.1, 0.15) is 22.6 Å². The van der Waals surface area contributed by atoms with Gasteiger partial charge in [-0.3, -0.25) is 9.36 Å². The average molecular weight is 450 g/mol. The third-order valence-corrected chi connectivity index (χ3v) is 7.16. The van der Waals surface area contributed by atoms with E-state index in [1.807, 2.05) is 43.3 Å². The van der Waals surface area contributed by atoms with Gasteiger partial charge in [-0.15, -0.1) is 23.1 Å². The van der Waals surface area contributed by atoms with Crippen LogP contribution in [0.3, 0.4) is 0 Å². The number of benzene rings is 1. The molecule has 0 bridgehead atoms. The number of alkyl halides is 3. The van der Waals surface area contributed by atoms with Crippen molar-refractivity contribution in [1.82, 2.24) is 14.1 Å². The molecule has 156 valence electrons. The molecule has 0 amide bonds. The number of aryl methyl sites for hydroxylation is 2. The molecule has 0 saturated heterocycles. The fourth-order valence-corrected chi connectivity index (χ4v) is 5.75. The molecule has 0 aliphatic heterocycles. The Bertz CT molecular complexity index is 1290. The fraction of sp³-hybridized carbons (Fsp3) is 0.238. The predicted molar refractivity (Wildman–Crippen MR) is 116 cm³/mol. The van der Waals surface area contributed by atoms with Crippen LogP contribution in [0.2, 0.25) is 0 Å². The number of fused-ring (bicyclic) bond motifs is 1. The lowest BCUT2D eigenvalue weighted by atomic mass is 10.1. The van der Waals surface area contributed by atoms with Gasteiger partial charge in [0.05, 0.1) is 4.21 Å². The van der Waals surface area contributed by atoms with Crippen LogP contribution in [0.1, 0.15) is 12.5 Å². The third kappa shape index (κ3) is 3.45. The lowest BCUT2D eigenvalue weighted by Gasteiger charge is -2.09. The summed E-state index contributed by atoms with van der Waals surface area (Å²) in [5.41, 5.74) is 0.121. The van der Waals surface area contributed by atoms with Crippen molar-refractivity contribution in [1.29, 1.82) is 0 Å². The summed E-state index contributed by atoms with van der Waals surface area (Å²) in [5.74, 6) is 1.39. The number of halogens is 3. The quantitative estimate of drug-likeness (QED) is 0.370. The van der Waals surface area contributed by atoms with E-state index >= 15 is 0 Å². The van der Waals surface area contributed by atoms with Gasteiger partial charge in [0.2, 0.25) is 0 Å².